The molecule has 0 aliphatic carbocycles. The van der Waals surface area contributed by atoms with Crippen molar-refractivity contribution in [3.8, 4) is 6.07 Å². The molecule has 2 N–H and O–H groups in total. The van der Waals surface area contributed by atoms with E-state index in [1.54, 1.807) is 24.8 Å². The lowest BCUT2D eigenvalue weighted by Gasteiger charge is -2.37. The van der Waals surface area contributed by atoms with E-state index in [4.69, 9.17) is 5.73 Å². The summed E-state index contributed by atoms with van der Waals surface area (Å²) in [7, 11) is 0. The number of aromatic nitrogens is 2. The number of carbonyl (C=O) groups is 3. The van der Waals surface area contributed by atoms with Gasteiger partial charge in [-0.25, -0.2) is 0 Å². The fourth-order valence-electron chi connectivity index (χ4n) is 7.32. The first-order valence-corrected chi connectivity index (χ1v) is 18.5. The van der Waals surface area contributed by atoms with E-state index < -0.39 is 17.7 Å². The van der Waals surface area contributed by atoms with Crippen LogP contribution in [-0.2, 0) is 14.4 Å². The van der Waals surface area contributed by atoms with Crippen LogP contribution in [0.2, 0.25) is 0 Å². The van der Waals surface area contributed by atoms with Gasteiger partial charge in [-0.2, -0.15) is 5.26 Å². The molecule has 9 nitrogen and oxygen atoms in total. The third-order valence-corrected chi connectivity index (χ3v) is 9.35. The number of carbonyl (C=O) groups excluding carboxylic acids is 3. The average molecular weight is 717 g/mol. The molecule has 2 aromatic carbocycles. The van der Waals surface area contributed by atoms with Crippen LogP contribution in [0.15, 0.2) is 110 Å². The van der Waals surface area contributed by atoms with E-state index in [0.717, 1.165) is 22.3 Å². The predicted molar refractivity (Wildman–Crippen MR) is 211 cm³/mol. The van der Waals surface area contributed by atoms with E-state index in [9.17, 15) is 19.6 Å². The van der Waals surface area contributed by atoms with Crippen molar-refractivity contribution in [2.45, 2.75) is 116 Å². The van der Waals surface area contributed by atoms with Gasteiger partial charge in [-0.05, 0) is 89.8 Å². The van der Waals surface area contributed by atoms with Crippen LogP contribution < -0.4 is 5.73 Å². The van der Waals surface area contributed by atoms with E-state index in [1.807, 2.05) is 150 Å². The summed E-state index contributed by atoms with van der Waals surface area (Å²) >= 11 is 0. The molecule has 4 rings (SSSR count). The minimum absolute atomic E-state index is 0.0110. The second kappa shape index (κ2) is 20.6. The van der Waals surface area contributed by atoms with Gasteiger partial charge in [-0.1, -0.05) is 72.8 Å². The Hall–Kier alpha value is -5.36. The highest BCUT2D eigenvalue weighted by Crippen LogP contribution is 2.39. The first-order valence-electron chi connectivity index (χ1n) is 18.5. The largest absolute Gasteiger partial charge is 0.370 e. The molecule has 0 saturated heterocycles. The summed E-state index contributed by atoms with van der Waals surface area (Å²) in [4.78, 5) is 51.3. The Kier molecular flexibility index (Phi) is 16.4. The SMILES string of the molecule is CC(C)N(C(=O)C(c1cccnc1)C(CC#N)c1ccccc1)C(C)C.CC(C)N(C(=O)C(c1cccnc1)C(CC(N)=O)c1ccccc1)C(C)C. The van der Waals surface area contributed by atoms with Crippen molar-refractivity contribution in [2.24, 2.45) is 5.73 Å². The zero-order valence-corrected chi connectivity index (χ0v) is 32.5. The third-order valence-electron chi connectivity index (χ3n) is 9.35. The van der Waals surface area contributed by atoms with Gasteiger partial charge in [0.05, 0.1) is 17.9 Å². The predicted octanol–water partition coefficient (Wildman–Crippen LogP) is 7.98. The van der Waals surface area contributed by atoms with E-state index in [0.29, 0.717) is 0 Å². The van der Waals surface area contributed by atoms with Gasteiger partial charge < -0.3 is 15.5 Å². The fraction of sp³-hybridized carbons (Fsp3) is 0.409. The smallest absolute Gasteiger partial charge is 0.231 e. The van der Waals surface area contributed by atoms with Gasteiger partial charge in [0.1, 0.15) is 0 Å². The highest BCUT2D eigenvalue weighted by molar-refractivity contribution is 5.87. The maximum atomic E-state index is 13.7. The van der Waals surface area contributed by atoms with Gasteiger partial charge in [0.2, 0.25) is 17.7 Å². The molecule has 0 bridgehead atoms. The molecule has 0 radical (unpaired) electrons. The van der Waals surface area contributed by atoms with Gasteiger partial charge in [0.25, 0.3) is 0 Å². The Morgan fingerprint density at radius 3 is 1.26 bits per heavy atom. The van der Waals surface area contributed by atoms with Crippen molar-refractivity contribution in [3.05, 3.63) is 132 Å². The van der Waals surface area contributed by atoms with E-state index in [1.165, 1.54) is 0 Å². The molecule has 0 fully saturated rings. The average Bonchev–Trinajstić information content (AvgIpc) is 3.12. The summed E-state index contributed by atoms with van der Waals surface area (Å²) in [5.74, 6) is -1.91. The molecule has 4 unspecified atom stereocenters. The van der Waals surface area contributed by atoms with Crippen LogP contribution in [0.5, 0.6) is 0 Å². The monoisotopic (exact) mass is 716 g/mol. The molecular formula is C44H56N6O3. The van der Waals surface area contributed by atoms with E-state index >= 15 is 0 Å². The first-order chi connectivity index (χ1) is 25.3. The topological polar surface area (TPSA) is 133 Å². The summed E-state index contributed by atoms with van der Waals surface area (Å²) in [5.41, 5.74) is 9.14. The Bertz CT molecular complexity index is 1730. The molecule has 0 aliphatic heterocycles. The maximum Gasteiger partial charge on any atom is 0.231 e. The minimum atomic E-state index is -0.529. The second-order valence-corrected chi connectivity index (χ2v) is 14.5. The number of hydrogen-bond donors (Lipinski definition) is 1. The van der Waals surface area contributed by atoms with Gasteiger partial charge in [0.15, 0.2) is 0 Å². The molecular weight excluding hydrogens is 661 g/mol. The number of nitrogens with two attached hydrogens (primary N) is 1. The van der Waals surface area contributed by atoms with Crippen molar-refractivity contribution >= 4 is 17.7 Å². The fourth-order valence-corrected chi connectivity index (χ4v) is 7.32. The number of amides is 3. The summed E-state index contributed by atoms with van der Waals surface area (Å²) in [5, 5.41) is 9.44. The zero-order chi connectivity index (χ0) is 39.1. The molecule has 53 heavy (non-hydrogen) atoms. The Balaban J connectivity index is 0.000000286. The Labute approximate surface area is 316 Å². The third kappa shape index (κ3) is 11.6. The van der Waals surface area contributed by atoms with Gasteiger partial charge in [-0.3, -0.25) is 24.4 Å². The van der Waals surface area contributed by atoms with E-state index in [-0.39, 0.29) is 60.7 Å². The Morgan fingerprint density at radius 2 is 0.943 bits per heavy atom. The summed E-state index contributed by atoms with van der Waals surface area (Å²) < 4.78 is 0. The molecule has 3 amide bonds. The molecule has 0 spiro atoms. The van der Waals surface area contributed by atoms with Crippen molar-refractivity contribution in [3.63, 3.8) is 0 Å². The summed E-state index contributed by atoms with van der Waals surface area (Å²) in [6, 6.07) is 29.5. The number of pyridine rings is 2. The van der Waals surface area contributed by atoms with Gasteiger partial charge >= 0.3 is 0 Å². The quantitative estimate of drug-likeness (QED) is 0.133. The maximum absolute atomic E-state index is 13.7. The van der Waals surface area contributed by atoms with Gasteiger partial charge in [0, 0.05) is 73.6 Å². The number of nitrogens with zero attached hydrogens (tertiary/aromatic N) is 5. The standard InChI is InChI=1S/C22H29N3O2.C22H27N3O/c1-15(2)25(16(3)4)22(27)21(18-11-8-12-24-14-18)19(13-20(23)26)17-9-6-5-7-10-17;1-16(2)25(17(3)4)22(26)21(19-11-8-14-24-15-19)20(12-13-23)18-9-6-5-7-10-18/h5-12,14-16,19,21H,13H2,1-4H3,(H2,23,26);5-11,14-17,20-21H,12H2,1-4H3. The summed E-state index contributed by atoms with van der Waals surface area (Å²) in [6.45, 7) is 16.1. The first kappa shape index (κ1) is 42.1. The number of primary amides is 1. The highest BCUT2D eigenvalue weighted by atomic mass is 16.2. The molecule has 2 heterocycles. The number of hydrogen-bond acceptors (Lipinski definition) is 6. The molecule has 9 heteroatoms. The number of benzene rings is 2. The van der Waals surface area contributed by atoms with Crippen LogP contribution in [0.1, 0.15) is 114 Å². The van der Waals surface area contributed by atoms with Crippen LogP contribution in [0.4, 0.5) is 0 Å². The van der Waals surface area contributed by atoms with Crippen molar-refractivity contribution < 1.29 is 14.4 Å². The zero-order valence-electron chi connectivity index (χ0n) is 32.5. The lowest BCUT2D eigenvalue weighted by atomic mass is 9.78. The highest BCUT2D eigenvalue weighted by Gasteiger charge is 2.38. The molecule has 4 aromatic rings. The lowest BCUT2D eigenvalue weighted by Crippen LogP contribution is -2.46. The molecule has 2 aromatic heterocycles. The van der Waals surface area contributed by atoms with Crippen molar-refractivity contribution in [1.82, 2.24) is 19.8 Å². The minimum Gasteiger partial charge on any atom is -0.370 e. The number of rotatable bonds is 15. The second-order valence-electron chi connectivity index (χ2n) is 14.5. The van der Waals surface area contributed by atoms with Crippen LogP contribution in [0.3, 0.4) is 0 Å². The normalized spacial score (nSPS) is 13.3. The van der Waals surface area contributed by atoms with Crippen molar-refractivity contribution in [2.75, 3.05) is 0 Å². The lowest BCUT2D eigenvalue weighted by molar-refractivity contribution is -0.138. The van der Waals surface area contributed by atoms with E-state index in [2.05, 4.69) is 16.0 Å². The number of nitriles is 1. The molecule has 4 atom stereocenters. The Morgan fingerprint density at radius 1 is 0.585 bits per heavy atom. The van der Waals surface area contributed by atoms with Crippen LogP contribution in [0.25, 0.3) is 0 Å². The molecule has 280 valence electrons. The summed E-state index contributed by atoms with van der Waals surface area (Å²) in [6.07, 6.45) is 7.21. The molecule has 0 saturated carbocycles. The van der Waals surface area contributed by atoms with Crippen LogP contribution in [-0.4, -0.2) is 61.7 Å². The van der Waals surface area contributed by atoms with Crippen LogP contribution in [0, 0.1) is 11.3 Å². The van der Waals surface area contributed by atoms with Crippen molar-refractivity contribution in [1.29, 1.82) is 5.26 Å². The molecule has 0 aliphatic rings. The van der Waals surface area contributed by atoms with Crippen LogP contribution >= 0.6 is 0 Å². The van der Waals surface area contributed by atoms with Gasteiger partial charge in [-0.15, -0.1) is 0 Å².